The largest absolute Gasteiger partial charge is 0.383 e. The van der Waals surface area contributed by atoms with Crippen LogP contribution in [-0.2, 0) is 4.74 Å². The number of imidazole rings is 1. The van der Waals surface area contributed by atoms with Gasteiger partial charge in [0.25, 0.3) is 0 Å². The lowest BCUT2D eigenvalue weighted by Crippen LogP contribution is -2.61. The molecule has 24 heavy (non-hydrogen) atoms. The molecule has 1 aromatic rings. The van der Waals surface area contributed by atoms with Gasteiger partial charge in [-0.2, -0.15) is 0 Å². The van der Waals surface area contributed by atoms with E-state index >= 15 is 0 Å². The van der Waals surface area contributed by atoms with Crippen LogP contribution in [0, 0.1) is 5.41 Å². The van der Waals surface area contributed by atoms with Crippen molar-refractivity contribution in [1.82, 2.24) is 25.1 Å². The number of hydrogen-bond donors (Lipinski definition) is 2. The number of hydrogen-bond acceptors (Lipinski definition) is 4. The SMILES string of the molecule is COCCNCCNC(=O)N1CC(C)(C)C1c1nccn1C1CC1. The van der Waals surface area contributed by atoms with Crippen LogP contribution in [0.4, 0.5) is 4.79 Å². The minimum atomic E-state index is -0.00165. The zero-order valence-corrected chi connectivity index (χ0v) is 14.9. The minimum Gasteiger partial charge on any atom is -0.383 e. The van der Waals surface area contributed by atoms with E-state index in [2.05, 4.69) is 40.2 Å². The molecule has 1 aliphatic carbocycles. The standard InChI is InChI=1S/C17H29N5O2/c1-17(2)12-22(16(23)20-7-6-18-9-11-24-3)14(17)15-19-8-10-21(15)13-4-5-13/h8,10,13-14,18H,4-7,9,11-12H2,1-3H3,(H,20,23). The quantitative estimate of drug-likeness (QED) is 0.707. The van der Waals surface area contributed by atoms with Gasteiger partial charge in [0.2, 0.25) is 0 Å². The molecular formula is C17H29N5O2. The molecule has 7 nitrogen and oxygen atoms in total. The normalized spacial score (nSPS) is 22.3. The summed E-state index contributed by atoms with van der Waals surface area (Å²) in [7, 11) is 1.68. The second kappa shape index (κ2) is 7.11. The molecule has 2 fully saturated rings. The predicted molar refractivity (Wildman–Crippen MR) is 91.9 cm³/mol. The zero-order valence-electron chi connectivity index (χ0n) is 14.9. The maximum Gasteiger partial charge on any atom is 0.318 e. The Bertz CT molecular complexity index is 567. The number of amides is 2. The van der Waals surface area contributed by atoms with E-state index < -0.39 is 0 Å². The highest BCUT2D eigenvalue weighted by molar-refractivity contribution is 5.76. The summed E-state index contributed by atoms with van der Waals surface area (Å²) in [5, 5.41) is 6.23. The minimum absolute atomic E-state index is 0.00165. The van der Waals surface area contributed by atoms with E-state index in [1.165, 1.54) is 12.8 Å². The summed E-state index contributed by atoms with van der Waals surface area (Å²) in [5.74, 6) is 1.03. The van der Waals surface area contributed by atoms with E-state index in [0.717, 1.165) is 25.5 Å². The Morgan fingerprint density at radius 1 is 1.38 bits per heavy atom. The van der Waals surface area contributed by atoms with Gasteiger partial charge in [-0.15, -0.1) is 0 Å². The molecule has 0 bridgehead atoms. The van der Waals surface area contributed by atoms with E-state index in [1.54, 1.807) is 7.11 Å². The van der Waals surface area contributed by atoms with Crippen molar-refractivity contribution in [3.8, 4) is 0 Å². The molecule has 0 aromatic carbocycles. The van der Waals surface area contributed by atoms with Crippen molar-refractivity contribution in [2.45, 2.75) is 38.8 Å². The monoisotopic (exact) mass is 335 g/mol. The molecule has 1 atom stereocenters. The third-order valence-electron chi connectivity index (χ3n) is 4.84. The molecule has 1 aliphatic heterocycles. The molecule has 1 saturated carbocycles. The molecule has 1 aromatic heterocycles. The van der Waals surface area contributed by atoms with E-state index in [0.29, 0.717) is 19.2 Å². The van der Waals surface area contributed by atoms with E-state index in [9.17, 15) is 4.79 Å². The van der Waals surface area contributed by atoms with Crippen molar-refractivity contribution in [2.24, 2.45) is 5.41 Å². The smallest absolute Gasteiger partial charge is 0.318 e. The predicted octanol–water partition coefficient (Wildman–Crippen LogP) is 1.55. The van der Waals surface area contributed by atoms with E-state index in [4.69, 9.17) is 4.74 Å². The fraction of sp³-hybridized carbons (Fsp3) is 0.765. The summed E-state index contributed by atoms with van der Waals surface area (Å²) in [4.78, 5) is 19.0. The van der Waals surface area contributed by atoms with Gasteiger partial charge in [-0.05, 0) is 12.8 Å². The number of aromatic nitrogens is 2. The lowest BCUT2D eigenvalue weighted by atomic mass is 9.74. The summed E-state index contributed by atoms with van der Waals surface area (Å²) in [6.07, 6.45) is 6.35. The average Bonchev–Trinajstić information content (AvgIpc) is 3.28. The lowest BCUT2D eigenvalue weighted by Gasteiger charge is -2.53. The summed E-state index contributed by atoms with van der Waals surface area (Å²) in [6.45, 7) is 8.01. The molecule has 0 radical (unpaired) electrons. The van der Waals surface area contributed by atoms with Gasteiger partial charge < -0.3 is 24.8 Å². The third-order valence-corrected chi connectivity index (χ3v) is 4.84. The van der Waals surface area contributed by atoms with Gasteiger partial charge in [0, 0.05) is 57.1 Å². The van der Waals surface area contributed by atoms with Gasteiger partial charge in [0.1, 0.15) is 5.82 Å². The maximum absolute atomic E-state index is 12.5. The highest BCUT2D eigenvalue weighted by atomic mass is 16.5. The Hall–Kier alpha value is -1.60. The van der Waals surface area contributed by atoms with E-state index in [1.807, 2.05) is 11.1 Å². The Morgan fingerprint density at radius 2 is 2.17 bits per heavy atom. The average molecular weight is 335 g/mol. The lowest BCUT2D eigenvalue weighted by molar-refractivity contribution is -0.0233. The van der Waals surface area contributed by atoms with Crippen LogP contribution >= 0.6 is 0 Å². The number of carbonyl (C=O) groups is 1. The van der Waals surface area contributed by atoms with Crippen LogP contribution < -0.4 is 10.6 Å². The fourth-order valence-electron chi connectivity index (χ4n) is 3.46. The fourth-order valence-corrected chi connectivity index (χ4v) is 3.46. The Kier molecular flexibility index (Phi) is 5.10. The first-order valence-electron chi connectivity index (χ1n) is 8.81. The van der Waals surface area contributed by atoms with Crippen LogP contribution in [0.3, 0.4) is 0 Å². The van der Waals surface area contributed by atoms with Crippen LogP contribution in [0.2, 0.25) is 0 Å². The first-order valence-corrected chi connectivity index (χ1v) is 8.81. The molecule has 1 saturated heterocycles. The number of urea groups is 1. The van der Waals surface area contributed by atoms with Gasteiger partial charge in [0.05, 0.1) is 12.6 Å². The molecule has 2 aliphatic rings. The van der Waals surface area contributed by atoms with Crippen molar-refractivity contribution >= 4 is 6.03 Å². The first-order chi connectivity index (χ1) is 11.5. The summed E-state index contributed by atoms with van der Waals surface area (Å²) in [6, 6.07) is 0.626. The summed E-state index contributed by atoms with van der Waals surface area (Å²) in [5.41, 5.74) is 0.0616. The van der Waals surface area contributed by atoms with Crippen LogP contribution in [0.15, 0.2) is 12.4 Å². The second-order valence-corrected chi connectivity index (χ2v) is 7.42. The van der Waals surface area contributed by atoms with Crippen molar-refractivity contribution < 1.29 is 9.53 Å². The Labute approximate surface area is 143 Å². The number of nitrogens with one attached hydrogen (secondary N) is 2. The summed E-state index contributed by atoms with van der Waals surface area (Å²) < 4.78 is 7.24. The van der Waals surface area contributed by atoms with Gasteiger partial charge in [-0.3, -0.25) is 0 Å². The molecule has 2 heterocycles. The second-order valence-electron chi connectivity index (χ2n) is 7.42. The molecular weight excluding hydrogens is 306 g/mol. The number of ether oxygens (including phenoxy) is 1. The van der Waals surface area contributed by atoms with Gasteiger partial charge in [-0.25, -0.2) is 9.78 Å². The zero-order chi connectivity index (χ0) is 17.2. The third kappa shape index (κ3) is 3.57. The highest BCUT2D eigenvalue weighted by Gasteiger charge is 2.51. The van der Waals surface area contributed by atoms with Crippen molar-refractivity contribution in [2.75, 3.05) is 39.9 Å². The number of methoxy groups -OCH3 is 1. The summed E-state index contributed by atoms with van der Waals surface area (Å²) >= 11 is 0. The van der Waals surface area contributed by atoms with Crippen molar-refractivity contribution in [3.63, 3.8) is 0 Å². The highest BCUT2D eigenvalue weighted by Crippen LogP contribution is 2.49. The van der Waals surface area contributed by atoms with E-state index in [-0.39, 0.29) is 17.5 Å². The van der Waals surface area contributed by atoms with Crippen molar-refractivity contribution in [1.29, 1.82) is 0 Å². The maximum atomic E-state index is 12.5. The molecule has 2 N–H and O–H groups in total. The molecule has 0 spiro atoms. The number of nitrogens with zero attached hydrogens (tertiary/aromatic N) is 3. The molecule has 1 unspecified atom stereocenters. The molecule has 3 rings (SSSR count). The number of rotatable bonds is 8. The Balaban J connectivity index is 1.55. The number of carbonyl (C=O) groups excluding carboxylic acids is 1. The van der Waals surface area contributed by atoms with Gasteiger partial charge in [0.15, 0.2) is 0 Å². The molecule has 2 amide bonds. The van der Waals surface area contributed by atoms with Crippen molar-refractivity contribution in [3.05, 3.63) is 18.2 Å². The van der Waals surface area contributed by atoms with Gasteiger partial charge >= 0.3 is 6.03 Å². The first kappa shape index (κ1) is 17.2. The topological polar surface area (TPSA) is 71.4 Å². The van der Waals surface area contributed by atoms with Gasteiger partial charge in [-0.1, -0.05) is 13.8 Å². The van der Waals surface area contributed by atoms with Crippen LogP contribution in [0.5, 0.6) is 0 Å². The van der Waals surface area contributed by atoms with Crippen LogP contribution in [0.25, 0.3) is 0 Å². The number of likely N-dealkylation sites (tertiary alicyclic amines) is 1. The Morgan fingerprint density at radius 3 is 2.83 bits per heavy atom. The van der Waals surface area contributed by atoms with Crippen LogP contribution in [0.1, 0.15) is 44.6 Å². The molecule has 7 heteroatoms. The molecule has 134 valence electrons. The van der Waals surface area contributed by atoms with Crippen LogP contribution in [-0.4, -0.2) is 60.4 Å².